The van der Waals surface area contributed by atoms with Gasteiger partial charge in [0, 0.05) is 12.8 Å². The minimum absolute atomic E-state index is 0.194. The van der Waals surface area contributed by atoms with Crippen LogP contribution in [0.1, 0.15) is 32.6 Å². The number of carbonyl (C=O) groups excluding carboxylic acids is 1. The van der Waals surface area contributed by atoms with Crippen molar-refractivity contribution in [1.29, 1.82) is 0 Å². The maximum Gasteiger partial charge on any atom is 0.337 e. The predicted octanol–water partition coefficient (Wildman–Crippen LogP) is 1.23. The quantitative estimate of drug-likeness (QED) is 0.597. The molecule has 1 heterocycles. The van der Waals surface area contributed by atoms with Crippen molar-refractivity contribution in [3.05, 3.63) is 0 Å². The monoisotopic (exact) mass is 200 g/mol. The molecule has 80 valence electrons. The molecule has 2 atom stereocenters. The van der Waals surface area contributed by atoms with Gasteiger partial charge >= 0.3 is 5.97 Å². The van der Waals surface area contributed by atoms with Crippen molar-refractivity contribution < 1.29 is 19.0 Å². The van der Waals surface area contributed by atoms with E-state index in [-0.39, 0.29) is 12.1 Å². The van der Waals surface area contributed by atoms with E-state index >= 15 is 0 Å². The van der Waals surface area contributed by atoms with Crippen LogP contribution in [0.15, 0.2) is 0 Å². The first-order valence-electron chi connectivity index (χ1n) is 5.10. The first kappa shape index (κ1) is 9.93. The van der Waals surface area contributed by atoms with Crippen molar-refractivity contribution in [1.82, 2.24) is 0 Å². The molecule has 0 aromatic carbocycles. The summed E-state index contributed by atoms with van der Waals surface area (Å²) in [6, 6.07) is 0. The van der Waals surface area contributed by atoms with E-state index in [0.717, 1.165) is 25.7 Å². The Balaban J connectivity index is 2.06. The summed E-state index contributed by atoms with van der Waals surface area (Å²) in [4.78, 5) is 11.3. The van der Waals surface area contributed by atoms with Crippen LogP contribution in [0.25, 0.3) is 0 Å². The Labute approximate surface area is 83.5 Å². The van der Waals surface area contributed by atoms with Gasteiger partial charge in [-0.3, -0.25) is 0 Å². The molecule has 0 aromatic rings. The molecule has 0 bridgehead atoms. The third kappa shape index (κ3) is 1.53. The first-order chi connectivity index (χ1) is 6.67. The smallest absolute Gasteiger partial charge is 0.337 e. The average molecular weight is 200 g/mol. The lowest BCUT2D eigenvalue weighted by molar-refractivity contribution is -0.180. The fourth-order valence-corrected chi connectivity index (χ4v) is 2.26. The molecular weight excluding hydrogens is 184 g/mol. The molecule has 4 nitrogen and oxygen atoms in total. The first-order valence-corrected chi connectivity index (χ1v) is 5.10. The van der Waals surface area contributed by atoms with Crippen LogP contribution in [0.5, 0.6) is 0 Å². The Morgan fingerprint density at radius 3 is 2.57 bits per heavy atom. The zero-order valence-electron chi connectivity index (χ0n) is 8.62. The summed E-state index contributed by atoms with van der Waals surface area (Å²) >= 11 is 0. The normalized spacial score (nSPS) is 35.0. The van der Waals surface area contributed by atoms with Crippen molar-refractivity contribution in [2.45, 2.75) is 50.6 Å². The van der Waals surface area contributed by atoms with Gasteiger partial charge in [-0.25, -0.2) is 4.79 Å². The second-order valence-electron chi connectivity index (χ2n) is 4.00. The van der Waals surface area contributed by atoms with Gasteiger partial charge in [-0.15, -0.1) is 0 Å². The zero-order chi connectivity index (χ0) is 10.2. The molecule has 1 saturated heterocycles. The summed E-state index contributed by atoms with van der Waals surface area (Å²) in [5.41, 5.74) is 0. The summed E-state index contributed by atoms with van der Waals surface area (Å²) in [5.74, 6) is -0.820. The second-order valence-corrected chi connectivity index (χ2v) is 4.00. The highest BCUT2D eigenvalue weighted by Crippen LogP contribution is 2.41. The molecule has 2 aliphatic rings. The summed E-state index contributed by atoms with van der Waals surface area (Å²) in [5, 5.41) is 0. The molecule has 0 radical (unpaired) electrons. The van der Waals surface area contributed by atoms with Gasteiger partial charge in [-0.05, 0) is 19.8 Å². The van der Waals surface area contributed by atoms with Crippen LogP contribution in [-0.2, 0) is 19.0 Å². The summed E-state index contributed by atoms with van der Waals surface area (Å²) < 4.78 is 16.1. The number of esters is 1. The highest BCUT2D eigenvalue weighted by molar-refractivity contribution is 5.75. The molecular formula is C10H16O4. The van der Waals surface area contributed by atoms with Gasteiger partial charge in [-0.2, -0.15) is 0 Å². The van der Waals surface area contributed by atoms with Crippen molar-refractivity contribution in [2.75, 3.05) is 7.11 Å². The van der Waals surface area contributed by atoms with Crippen LogP contribution in [0, 0.1) is 0 Å². The van der Waals surface area contributed by atoms with Crippen LogP contribution in [0.3, 0.4) is 0 Å². The van der Waals surface area contributed by atoms with Crippen molar-refractivity contribution in [2.24, 2.45) is 0 Å². The van der Waals surface area contributed by atoms with E-state index in [4.69, 9.17) is 9.47 Å². The van der Waals surface area contributed by atoms with Gasteiger partial charge < -0.3 is 14.2 Å². The Bertz CT molecular complexity index is 232. The predicted molar refractivity (Wildman–Crippen MR) is 48.6 cm³/mol. The van der Waals surface area contributed by atoms with Gasteiger partial charge in [0.1, 0.15) is 0 Å². The van der Waals surface area contributed by atoms with Crippen molar-refractivity contribution >= 4 is 5.97 Å². The fourth-order valence-electron chi connectivity index (χ4n) is 2.26. The van der Waals surface area contributed by atoms with Gasteiger partial charge in [0.05, 0.1) is 13.2 Å². The highest BCUT2D eigenvalue weighted by atomic mass is 16.8. The van der Waals surface area contributed by atoms with Gasteiger partial charge in [0.15, 0.2) is 11.9 Å². The number of ether oxygens (including phenoxy) is 3. The summed E-state index contributed by atoms with van der Waals surface area (Å²) in [7, 11) is 1.37. The standard InChI is InChI=1S/C10H16O4/c1-7-8(9(11)12-2)14-10(13-7)5-3-4-6-10/h7-8H,3-6H2,1-2H3. The molecule has 1 spiro atoms. The average Bonchev–Trinajstić information content (AvgIpc) is 2.74. The second kappa shape index (κ2) is 3.51. The SMILES string of the molecule is COC(=O)C1OC2(CCCC2)OC1C. The van der Waals surface area contributed by atoms with Crippen LogP contribution < -0.4 is 0 Å². The van der Waals surface area contributed by atoms with E-state index < -0.39 is 11.9 Å². The van der Waals surface area contributed by atoms with Crippen LogP contribution in [0.2, 0.25) is 0 Å². The van der Waals surface area contributed by atoms with E-state index in [1.54, 1.807) is 0 Å². The van der Waals surface area contributed by atoms with E-state index in [1.165, 1.54) is 7.11 Å². The number of hydrogen-bond acceptors (Lipinski definition) is 4. The third-order valence-corrected chi connectivity index (χ3v) is 2.97. The van der Waals surface area contributed by atoms with Gasteiger partial charge in [0.2, 0.25) is 0 Å². The molecule has 2 unspecified atom stereocenters. The van der Waals surface area contributed by atoms with Gasteiger partial charge in [-0.1, -0.05) is 0 Å². The van der Waals surface area contributed by atoms with E-state index in [0.29, 0.717) is 0 Å². The Morgan fingerprint density at radius 2 is 2.00 bits per heavy atom. The lowest BCUT2D eigenvalue weighted by Crippen LogP contribution is -2.31. The summed E-state index contributed by atoms with van der Waals surface area (Å²) in [6.45, 7) is 1.86. The summed E-state index contributed by atoms with van der Waals surface area (Å²) in [6.07, 6.45) is 3.27. The molecule has 0 N–H and O–H groups in total. The van der Waals surface area contributed by atoms with Crippen molar-refractivity contribution in [3.63, 3.8) is 0 Å². The maximum atomic E-state index is 11.3. The molecule has 0 amide bonds. The number of hydrogen-bond donors (Lipinski definition) is 0. The van der Waals surface area contributed by atoms with E-state index in [2.05, 4.69) is 4.74 Å². The lowest BCUT2D eigenvalue weighted by Gasteiger charge is -2.21. The van der Waals surface area contributed by atoms with Crippen molar-refractivity contribution in [3.8, 4) is 0 Å². The molecule has 4 heteroatoms. The number of rotatable bonds is 1. The van der Waals surface area contributed by atoms with Crippen LogP contribution in [0.4, 0.5) is 0 Å². The third-order valence-electron chi connectivity index (χ3n) is 2.97. The number of carbonyl (C=O) groups is 1. The van der Waals surface area contributed by atoms with Gasteiger partial charge in [0.25, 0.3) is 0 Å². The minimum Gasteiger partial charge on any atom is -0.467 e. The maximum absolute atomic E-state index is 11.3. The van der Waals surface area contributed by atoms with E-state index in [1.807, 2.05) is 6.92 Å². The minimum atomic E-state index is -0.543. The molecule has 2 rings (SSSR count). The molecule has 14 heavy (non-hydrogen) atoms. The molecule has 1 saturated carbocycles. The Hall–Kier alpha value is -0.610. The topological polar surface area (TPSA) is 44.8 Å². The molecule has 1 aliphatic heterocycles. The molecule has 2 fully saturated rings. The zero-order valence-corrected chi connectivity index (χ0v) is 8.62. The largest absolute Gasteiger partial charge is 0.467 e. The fraction of sp³-hybridized carbons (Fsp3) is 0.900. The van der Waals surface area contributed by atoms with Crippen LogP contribution >= 0.6 is 0 Å². The van der Waals surface area contributed by atoms with E-state index in [9.17, 15) is 4.79 Å². The lowest BCUT2D eigenvalue weighted by atomic mass is 10.2. The Morgan fingerprint density at radius 1 is 1.36 bits per heavy atom. The molecule has 0 aromatic heterocycles. The molecule has 1 aliphatic carbocycles. The van der Waals surface area contributed by atoms with Crippen LogP contribution in [-0.4, -0.2) is 31.1 Å². The number of methoxy groups -OCH3 is 1. The highest BCUT2D eigenvalue weighted by Gasteiger charge is 2.50. The Kier molecular flexibility index (Phi) is 2.49.